The fourth-order valence-electron chi connectivity index (χ4n) is 3.96. The topological polar surface area (TPSA) is 108 Å². The monoisotopic (exact) mass is 691 g/mol. The number of anilines is 2. The maximum Gasteiger partial charge on any atom is 0.410 e. The number of benzene rings is 3. The van der Waals surface area contributed by atoms with Crippen molar-refractivity contribution in [1.29, 1.82) is 0 Å². The Labute approximate surface area is 296 Å². The summed E-state index contributed by atoms with van der Waals surface area (Å²) >= 11 is 6.02. The summed E-state index contributed by atoms with van der Waals surface area (Å²) in [5.41, 5.74) is -3.49. The highest BCUT2D eigenvalue weighted by atomic mass is 35.5. The van der Waals surface area contributed by atoms with Crippen molar-refractivity contribution in [3.05, 3.63) is 101 Å². The number of hydrogen-bond donors (Lipinski definition) is 1. The molecule has 13 heteroatoms. The van der Waals surface area contributed by atoms with Gasteiger partial charge in [0.1, 0.15) is 47.4 Å². The third kappa shape index (κ3) is 9.58. The van der Waals surface area contributed by atoms with Crippen LogP contribution < -0.4 is 10.1 Å². The first-order chi connectivity index (χ1) is 26.7. The van der Waals surface area contributed by atoms with E-state index < -0.39 is 67.6 Å². The van der Waals surface area contributed by atoms with E-state index >= 15 is 0 Å². The van der Waals surface area contributed by atoms with Crippen molar-refractivity contribution < 1.29 is 47.4 Å². The molecule has 0 aliphatic rings. The summed E-state index contributed by atoms with van der Waals surface area (Å²) < 4.78 is 124. The van der Waals surface area contributed by atoms with Gasteiger partial charge in [0.05, 0.1) is 36.4 Å². The molecule has 0 spiro atoms. The van der Waals surface area contributed by atoms with E-state index in [4.69, 9.17) is 40.6 Å². The summed E-state index contributed by atoms with van der Waals surface area (Å²) in [5, 5.41) is 3.58. The van der Waals surface area contributed by atoms with Crippen LogP contribution >= 0.6 is 23.6 Å². The zero-order valence-electron chi connectivity index (χ0n) is 36.0. The average molecular weight is 692 g/mol. The Hall–Kier alpha value is -4.36. The van der Waals surface area contributed by atoms with E-state index in [1.165, 1.54) is 63.5 Å². The molecule has 0 saturated carbocycles. The third-order valence-electron chi connectivity index (χ3n) is 5.89. The number of rotatable bonds is 13. The van der Waals surface area contributed by atoms with Crippen molar-refractivity contribution in [3.63, 3.8) is 0 Å². The molecule has 0 aliphatic carbocycles. The molecule has 0 aliphatic heterocycles. The first kappa shape index (κ1) is 22.3. The Bertz CT molecular complexity index is 2300. The van der Waals surface area contributed by atoms with Gasteiger partial charge in [-0.3, -0.25) is 4.90 Å². The second-order valence-electron chi connectivity index (χ2n) is 10.5. The minimum atomic E-state index is -3.62. The molecule has 246 valence electrons. The van der Waals surface area contributed by atoms with E-state index in [9.17, 15) is 9.18 Å². The summed E-state index contributed by atoms with van der Waals surface area (Å²) in [5.74, 6) is -0.983. The lowest BCUT2D eigenvalue weighted by Crippen LogP contribution is -2.37. The normalized spacial score (nSPS) is 16.4. The molecule has 1 N–H and O–H groups in total. The second-order valence-corrected chi connectivity index (χ2v) is 11.4. The van der Waals surface area contributed by atoms with Crippen LogP contribution in [-0.2, 0) is 27.0 Å². The number of halogens is 2. The number of fused-ring (bicyclic) bond motifs is 1. The number of nitrogens with one attached hydrogen (secondary N) is 1. The minimum Gasteiger partial charge on any atom is -0.487 e. The van der Waals surface area contributed by atoms with E-state index in [0.717, 1.165) is 12.1 Å². The number of carbonyl (C=O) groups is 1. The van der Waals surface area contributed by atoms with Gasteiger partial charge in [0.15, 0.2) is 0 Å². The number of carbonyl (C=O) groups excluding carboxylic acids is 1. The van der Waals surface area contributed by atoms with Crippen LogP contribution in [0.4, 0.5) is 20.7 Å². The van der Waals surface area contributed by atoms with Gasteiger partial charge in [0.2, 0.25) is 0 Å². The van der Waals surface area contributed by atoms with E-state index in [-0.39, 0.29) is 32.8 Å². The van der Waals surface area contributed by atoms with Crippen molar-refractivity contribution in [1.82, 2.24) is 14.9 Å². The predicted octanol–water partition coefficient (Wildman–Crippen LogP) is 8.97. The van der Waals surface area contributed by atoms with Gasteiger partial charge in [-0.25, -0.2) is 24.0 Å². The van der Waals surface area contributed by atoms with Gasteiger partial charge in [-0.1, -0.05) is 23.7 Å². The van der Waals surface area contributed by atoms with Crippen LogP contribution in [0, 0.1) is 5.82 Å². The van der Waals surface area contributed by atoms with Crippen molar-refractivity contribution in [2.75, 3.05) is 24.6 Å². The van der Waals surface area contributed by atoms with E-state index in [1.807, 2.05) is 0 Å². The Kier molecular flexibility index (Phi) is 7.33. The van der Waals surface area contributed by atoms with Gasteiger partial charge in [0.25, 0.3) is 0 Å². The van der Waals surface area contributed by atoms with Crippen LogP contribution in [0.1, 0.15) is 47.2 Å². The first-order valence-corrected chi connectivity index (χ1v) is 14.8. The molecule has 0 unspecified atom stereocenters. The number of ether oxygens (including phenoxy) is 2. The summed E-state index contributed by atoms with van der Waals surface area (Å²) in [6, 6.07) is 16.6. The summed E-state index contributed by atoms with van der Waals surface area (Å²) in [6.07, 6.45) is -0.322. The Morgan fingerprint density at radius 1 is 1.13 bits per heavy atom. The number of amides is 1. The number of nitrogens with zero attached hydrogens (tertiary/aromatic N) is 3. The molecule has 2 heterocycles. The smallest absolute Gasteiger partial charge is 0.410 e. The lowest BCUT2D eigenvalue weighted by molar-refractivity contribution is -0.160. The third-order valence-corrected chi connectivity index (χ3v) is 6.50. The average Bonchev–Trinajstić information content (AvgIpc) is 3.59. The fourth-order valence-corrected chi connectivity index (χ4v) is 4.38. The lowest BCUT2D eigenvalue weighted by atomic mass is 10.1. The zero-order chi connectivity index (χ0) is 43.1. The molecule has 5 aromatic rings. The van der Waals surface area contributed by atoms with Gasteiger partial charge >= 0.3 is 6.09 Å². The molecule has 0 radical (unpaired) electrons. The van der Waals surface area contributed by atoms with Crippen LogP contribution in [0.5, 0.6) is 5.75 Å². The first-order valence-electron chi connectivity index (χ1n) is 19.1. The lowest BCUT2D eigenvalue weighted by Gasteiger charge is -2.26. The number of aromatic nitrogens is 2. The van der Waals surface area contributed by atoms with Crippen LogP contribution in [0.2, 0.25) is 5.02 Å². The van der Waals surface area contributed by atoms with Crippen LogP contribution in [0.25, 0.3) is 22.2 Å². The van der Waals surface area contributed by atoms with Crippen LogP contribution in [0.15, 0.2) is 83.5 Å². The number of furan rings is 1. The van der Waals surface area contributed by atoms with E-state index in [0.29, 0.717) is 22.2 Å². The molecule has 2 aromatic heterocycles. The maximum absolute atomic E-state index is 13.7. The summed E-state index contributed by atoms with van der Waals surface area (Å²) in [7, 11) is -3.15. The van der Waals surface area contributed by atoms with Gasteiger partial charge in [0, 0.05) is 43.6 Å². The molecule has 3 aromatic carbocycles. The molecule has 5 rings (SSSR count). The quantitative estimate of drug-likeness (QED) is 0.0730. The van der Waals surface area contributed by atoms with Crippen molar-refractivity contribution in [2.24, 2.45) is 0 Å². The SMILES string of the molecule is [2H]C([2H])([2H])OOSC([2H])([2H])C([2H])([2H])N(C(=O)OC(C)(C)C)C([2H])([2H])c1ccc(-c2ccc3ncnc(Nc4ccc(OC([2H])([2H])c5cccc(F)c5)c(Cl)c4)c3c2)o1. The van der Waals surface area contributed by atoms with Crippen molar-refractivity contribution >= 4 is 52.1 Å². The maximum atomic E-state index is 13.7. The standard InChI is InChI=1S/C34H34ClFN4O6S/c1-34(2,3)45-33(41)40(14-15-47-46-42-4)19-26-10-13-30(44-26)23-8-11-29-27(17-23)32(38-21-37-29)39-25-9-12-31(28(35)18-25)43-20-22-6-5-7-24(36)16-22/h5-13,16-18,21H,14-15,19-20H2,1-4H3,(H,37,38,39)/i4D3,14D2,15D2,19D2,20D2. The highest BCUT2D eigenvalue weighted by Crippen LogP contribution is 2.33. The summed E-state index contributed by atoms with van der Waals surface area (Å²) in [6.45, 7) is -4.99. The van der Waals surface area contributed by atoms with Crippen LogP contribution in [0.3, 0.4) is 0 Å². The molecule has 0 saturated heterocycles. The highest BCUT2D eigenvalue weighted by Gasteiger charge is 2.23. The Morgan fingerprint density at radius 3 is 2.79 bits per heavy atom. The Morgan fingerprint density at radius 2 is 2.00 bits per heavy atom. The van der Waals surface area contributed by atoms with E-state index in [2.05, 4.69) is 24.5 Å². The van der Waals surface area contributed by atoms with E-state index in [1.54, 1.807) is 24.3 Å². The Balaban J connectivity index is 1.44. The minimum absolute atomic E-state index is 0.0196. The second kappa shape index (κ2) is 15.5. The van der Waals surface area contributed by atoms with Crippen molar-refractivity contribution in [2.45, 2.75) is 39.4 Å². The molecule has 0 atom stereocenters. The van der Waals surface area contributed by atoms with Gasteiger partial charge in [-0.2, -0.15) is 4.33 Å². The van der Waals surface area contributed by atoms with Gasteiger partial charge in [-0.15, -0.1) is 0 Å². The number of hydrogen-bond acceptors (Lipinski definition) is 10. The fraction of sp³-hybridized carbons (Fsp3) is 0.265. The summed E-state index contributed by atoms with van der Waals surface area (Å²) in [4.78, 5) is 26.0. The molecular weight excluding hydrogens is 647 g/mol. The van der Waals surface area contributed by atoms with Gasteiger partial charge in [-0.05, 0) is 87.0 Å². The molecule has 10 nitrogen and oxygen atoms in total. The largest absolute Gasteiger partial charge is 0.487 e. The molecule has 47 heavy (non-hydrogen) atoms. The highest BCUT2D eigenvalue weighted by molar-refractivity contribution is 7.94. The van der Waals surface area contributed by atoms with Crippen molar-refractivity contribution in [3.8, 4) is 17.1 Å². The molecule has 1 amide bonds. The zero-order valence-corrected chi connectivity index (χ0v) is 26.5. The molecular formula is C34H34ClFN4O6S. The molecule has 0 bridgehead atoms. The van der Waals surface area contributed by atoms with Crippen LogP contribution in [-0.4, -0.2) is 45.8 Å². The molecule has 0 fully saturated rings. The van der Waals surface area contributed by atoms with Gasteiger partial charge < -0.3 is 19.2 Å². The predicted molar refractivity (Wildman–Crippen MR) is 180 cm³/mol.